The number of rotatable bonds is 12. The number of methoxy groups -OCH3 is 1. The van der Waals surface area contributed by atoms with Gasteiger partial charge in [-0.1, -0.05) is 18.0 Å². The summed E-state index contributed by atoms with van der Waals surface area (Å²) in [4.78, 5) is 25.4. The number of thiophene rings is 1. The molecule has 7 nitrogen and oxygen atoms in total. The topological polar surface area (TPSA) is 117 Å². The summed E-state index contributed by atoms with van der Waals surface area (Å²) in [6, 6.07) is 6.69. The Bertz CT molecular complexity index is 841. The van der Waals surface area contributed by atoms with Gasteiger partial charge in [0.1, 0.15) is 12.4 Å². The number of halogens is 1. The number of ether oxygens (including phenoxy) is 2. The van der Waals surface area contributed by atoms with Gasteiger partial charge in [0.05, 0.1) is 22.0 Å². The van der Waals surface area contributed by atoms with Crippen LogP contribution in [0.3, 0.4) is 0 Å². The molecule has 1 aromatic carbocycles. The molecule has 0 saturated heterocycles. The number of aryl methyl sites for hydroxylation is 1. The number of hydrogen-bond donors (Lipinski definition) is 3. The average Bonchev–Trinajstić information content (AvgIpc) is 3.12. The highest BCUT2D eigenvalue weighted by Crippen LogP contribution is 2.30. The fraction of sp³-hybridized carbons (Fsp3) is 0.400. The van der Waals surface area contributed by atoms with E-state index in [0.717, 1.165) is 36.2 Å². The van der Waals surface area contributed by atoms with Gasteiger partial charge in [0.2, 0.25) is 0 Å². The van der Waals surface area contributed by atoms with E-state index in [9.17, 15) is 9.59 Å². The van der Waals surface area contributed by atoms with Crippen LogP contribution in [0.2, 0.25) is 5.02 Å². The maximum atomic E-state index is 12.8. The van der Waals surface area contributed by atoms with Crippen molar-refractivity contribution in [1.82, 2.24) is 0 Å². The molecule has 0 fully saturated rings. The molecule has 0 saturated carbocycles. The van der Waals surface area contributed by atoms with Gasteiger partial charge in [0.15, 0.2) is 0 Å². The van der Waals surface area contributed by atoms with E-state index in [1.54, 1.807) is 31.4 Å². The molecule has 0 spiro atoms. The fourth-order valence-corrected chi connectivity index (χ4v) is 3.85. The van der Waals surface area contributed by atoms with Gasteiger partial charge in [-0.25, -0.2) is 0 Å². The van der Waals surface area contributed by atoms with E-state index in [1.807, 2.05) is 0 Å². The molecule has 0 radical (unpaired) electrons. The predicted molar refractivity (Wildman–Crippen MR) is 116 cm³/mol. The minimum Gasteiger partial charge on any atom is -0.489 e. The molecule has 0 aliphatic heterocycles. The summed E-state index contributed by atoms with van der Waals surface area (Å²) < 4.78 is 10.6. The monoisotopic (exact) mass is 439 g/mol. The Morgan fingerprint density at radius 2 is 1.97 bits per heavy atom. The first kappa shape index (κ1) is 23.2. The van der Waals surface area contributed by atoms with Gasteiger partial charge < -0.3 is 26.3 Å². The first-order chi connectivity index (χ1) is 14.0. The average molecular weight is 440 g/mol. The summed E-state index contributed by atoms with van der Waals surface area (Å²) in [6.45, 7) is 1.38. The Kier molecular flexibility index (Phi) is 9.40. The molecule has 0 bridgehead atoms. The fourth-order valence-electron chi connectivity index (χ4n) is 2.72. The van der Waals surface area contributed by atoms with Crippen molar-refractivity contribution < 1.29 is 19.1 Å². The zero-order chi connectivity index (χ0) is 21.2. The SMILES string of the molecule is COCCOc1ccc(Cl)cc1NC(=O)c1cc(CCCCCN)c(C(N)=O)s1. The van der Waals surface area contributed by atoms with Crippen molar-refractivity contribution in [3.8, 4) is 5.75 Å². The Morgan fingerprint density at radius 3 is 2.66 bits per heavy atom. The van der Waals surface area contributed by atoms with Crippen molar-refractivity contribution in [2.24, 2.45) is 11.5 Å². The second-order valence-electron chi connectivity index (χ2n) is 6.36. The Morgan fingerprint density at radius 1 is 1.17 bits per heavy atom. The molecular weight excluding hydrogens is 414 g/mol. The normalized spacial score (nSPS) is 10.7. The maximum absolute atomic E-state index is 12.8. The number of carbonyl (C=O) groups excluding carboxylic acids is 2. The van der Waals surface area contributed by atoms with Gasteiger partial charge in [0.25, 0.3) is 11.8 Å². The Hall–Kier alpha value is -2.13. The van der Waals surface area contributed by atoms with Crippen LogP contribution in [0, 0.1) is 0 Å². The molecular formula is C20H26ClN3O4S. The number of nitrogens with two attached hydrogens (primary N) is 2. The maximum Gasteiger partial charge on any atom is 0.265 e. The van der Waals surface area contributed by atoms with E-state index in [-0.39, 0.29) is 5.91 Å². The smallest absolute Gasteiger partial charge is 0.265 e. The van der Waals surface area contributed by atoms with Crippen molar-refractivity contribution in [2.45, 2.75) is 25.7 Å². The second kappa shape index (κ2) is 11.8. The van der Waals surface area contributed by atoms with Crippen LogP contribution in [-0.4, -0.2) is 38.7 Å². The van der Waals surface area contributed by atoms with Gasteiger partial charge in [-0.2, -0.15) is 0 Å². The lowest BCUT2D eigenvalue weighted by Crippen LogP contribution is -2.13. The van der Waals surface area contributed by atoms with E-state index < -0.39 is 5.91 Å². The molecule has 2 amide bonds. The highest BCUT2D eigenvalue weighted by atomic mass is 35.5. The van der Waals surface area contributed by atoms with E-state index in [1.165, 1.54) is 0 Å². The summed E-state index contributed by atoms with van der Waals surface area (Å²) in [5, 5.41) is 3.27. The Labute approximate surface area is 179 Å². The van der Waals surface area contributed by atoms with Crippen LogP contribution in [0.5, 0.6) is 5.75 Å². The summed E-state index contributed by atoms with van der Waals surface area (Å²) in [5.41, 5.74) is 12.2. The van der Waals surface area contributed by atoms with E-state index in [0.29, 0.717) is 52.4 Å². The van der Waals surface area contributed by atoms with Crippen LogP contribution >= 0.6 is 22.9 Å². The lowest BCUT2D eigenvalue weighted by molar-refractivity contribution is 0.100. The van der Waals surface area contributed by atoms with Crippen LogP contribution in [-0.2, 0) is 11.2 Å². The van der Waals surface area contributed by atoms with E-state index in [4.69, 9.17) is 32.5 Å². The third kappa shape index (κ3) is 7.01. The largest absolute Gasteiger partial charge is 0.489 e. The summed E-state index contributed by atoms with van der Waals surface area (Å²) in [7, 11) is 1.58. The molecule has 1 aromatic heterocycles. The molecule has 1 heterocycles. The molecule has 0 aliphatic rings. The number of nitrogens with one attached hydrogen (secondary N) is 1. The van der Waals surface area contributed by atoms with Crippen LogP contribution in [0.1, 0.15) is 44.2 Å². The second-order valence-corrected chi connectivity index (χ2v) is 7.85. The molecule has 0 atom stereocenters. The molecule has 158 valence electrons. The molecule has 0 unspecified atom stereocenters. The molecule has 2 rings (SSSR count). The molecule has 29 heavy (non-hydrogen) atoms. The number of benzene rings is 1. The summed E-state index contributed by atoms with van der Waals surface area (Å²) in [5.74, 6) is -0.410. The van der Waals surface area contributed by atoms with Crippen molar-refractivity contribution >= 4 is 40.4 Å². The highest BCUT2D eigenvalue weighted by molar-refractivity contribution is 7.16. The zero-order valence-corrected chi connectivity index (χ0v) is 17.9. The van der Waals surface area contributed by atoms with Crippen molar-refractivity contribution in [2.75, 3.05) is 32.2 Å². The zero-order valence-electron chi connectivity index (χ0n) is 16.3. The first-order valence-corrected chi connectivity index (χ1v) is 10.5. The van der Waals surface area contributed by atoms with Crippen molar-refractivity contribution in [3.63, 3.8) is 0 Å². The number of anilines is 1. The number of unbranched alkanes of at least 4 members (excludes halogenated alkanes) is 2. The number of carbonyl (C=O) groups is 2. The minimum atomic E-state index is -0.533. The minimum absolute atomic E-state index is 0.332. The Balaban J connectivity index is 2.16. The molecule has 9 heteroatoms. The van der Waals surface area contributed by atoms with Gasteiger partial charge >= 0.3 is 0 Å². The molecule has 2 aromatic rings. The first-order valence-electron chi connectivity index (χ1n) is 9.31. The lowest BCUT2D eigenvalue weighted by atomic mass is 10.1. The predicted octanol–water partition coefficient (Wildman–Crippen LogP) is 3.45. The van der Waals surface area contributed by atoms with Crippen molar-refractivity contribution in [3.05, 3.63) is 44.6 Å². The number of hydrogen-bond acceptors (Lipinski definition) is 6. The van der Waals surface area contributed by atoms with Gasteiger partial charge in [-0.3, -0.25) is 9.59 Å². The third-order valence-electron chi connectivity index (χ3n) is 4.14. The van der Waals surface area contributed by atoms with Gasteiger partial charge in [-0.15, -0.1) is 11.3 Å². The molecule has 0 aliphatic carbocycles. The summed E-state index contributed by atoms with van der Waals surface area (Å²) in [6.07, 6.45) is 3.42. The lowest BCUT2D eigenvalue weighted by Gasteiger charge is -2.12. The van der Waals surface area contributed by atoms with Gasteiger partial charge in [0, 0.05) is 12.1 Å². The summed E-state index contributed by atoms with van der Waals surface area (Å²) >= 11 is 7.15. The van der Waals surface area contributed by atoms with Crippen LogP contribution < -0.4 is 21.5 Å². The van der Waals surface area contributed by atoms with Crippen LogP contribution in [0.15, 0.2) is 24.3 Å². The van der Waals surface area contributed by atoms with Crippen LogP contribution in [0.25, 0.3) is 0 Å². The quantitative estimate of drug-likeness (QED) is 0.438. The van der Waals surface area contributed by atoms with E-state index in [2.05, 4.69) is 5.32 Å². The highest BCUT2D eigenvalue weighted by Gasteiger charge is 2.19. The third-order valence-corrected chi connectivity index (χ3v) is 5.57. The van der Waals surface area contributed by atoms with Gasteiger partial charge in [-0.05, 0) is 55.6 Å². The van der Waals surface area contributed by atoms with Crippen molar-refractivity contribution in [1.29, 1.82) is 0 Å². The number of primary amides is 1. The number of amides is 2. The molecule has 5 N–H and O–H groups in total. The van der Waals surface area contributed by atoms with Crippen LogP contribution in [0.4, 0.5) is 5.69 Å². The standard InChI is InChI=1S/C20H26ClN3O4S/c1-27-9-10-28-16-7-6-14(21)12-15(16)24-20(26)17-11-13(5-3-2-4-8-22)18(29-17)19(23)25/h6-7,11-12H,2-5,8-10,22H2,1H3,(H2,23,25)(H,24,26). The van der Waals surface area contributed by atoms with E-state index >= 15 is 0 Å².